The van der Waals surface area contributed by atoms with Crippen molar-refractivity contribution in [3.8, 4) is 16.8 Å². The molecule has 0 aliphatic rings. The molecule has 0 aliphatic heterocycles. The topological polar surface area (TPSA) is 4.93 Å². The highest BCUT2D eigenvalue weighted by atomic mass is 15.0. The molecule has 1 heterocycles. The highest BCUT2D eigenvalue weighted by molar-refractivity contribution is 6.09. The number of aryl methyl sites for hydroxylation is 2. The average molecular weight is 361 g/mol. The van der Waals surface area contributed by atoms with Gasteiger partial charge in [0.05, 0.1) is 11.0 Å². The van der Waals surface area contributed by atoms with Crippen molar-refractivity contribution in [1.82, 2.24) is 4.57 Å². The lowest BCUT2D eigenvalue weighted by atomic mass is 9.94. The van der Waals surface area contributed by atoms with E-state index in [1.165, 1.54) is 49.7 Å². The van der Waals surface area contributed by atoms with E-state index in [0.29, 0.717) is 0 Å². The standard InChI is InChI=1S/C27H23N/c1-3-20-10-4-5-11-23(20)22-17-16-21(18-19(22)2)28-26-14-8-6-12-24(26)25-13-7-9-15-27(25)28/h4-18H,3H2,1-2H3. The fourth-order valence-corrected chi connectivity index (χ4v) is 4.38. The van der Waals surface area contributed by atoms with Gasteiger partial charge in [0, 0.05) is 16.5 Å². The molecule has 1 aromatic heterocycles. The third-order valence-electron chi connectivity index (χ3n) is 5.74. The summed E-state index contributed by atoms with van der Waals surface area (Å²) in [6.07, 6.45) is 1.05. The summed E-state index contributed by atoms with van der Waals surface area (Å²) in [6, 6.07) is 32.9. The second kappa shape index (κ2) is 6.69. The first kappa shape index (κ1) is 16.8. The molecule has 0 saturated heterocycles. The molecule has 5 rings (SSSR count). The van der Waals surface area contributed by atoms with E-state index in [1.54, 1.807) is 0 Å². The summed E-state index contributed by atoms with van der Waals surface area (Å²) in [5, 5.41) is 2.60. The minimum absolute atomic E-state index is 1.05. The maximum Gasteiger partial charge on any atom is 0.0541 e. The van der Waals surface area contributed by atoms with E-state index in [1.807, 2.05) is 0 Å². The maximum atomic E-state index is 2.38. The molecule has 0 amide bonds. The summed E-state index contributed by atoms with van der Waals surface area (Å²) in [5.74, 6) is 0. The second-order valence-electron chi connectivity index (χ2n) is 7.38. The van der Waals surface area contributed by atoms with Gasteiger partial charge >= 0.3 is 0 Å². The number of rotatable bonds is 3. The SMILES string of the molecule is CCc1ccccc1-c1ccc(-n2c3ccccc3c3ccccc32)cc1C. The number of hydrogen-bond donors (Lipinski definition) is 0. The van der Waals surface area contributed by atoms with Crippen molar-refractivity contribution in [2.24, 2.45) is 0 Å². The van der Waals surface area contributed by atoms with E-state index in [9.17, 15) is 0 Å². The van der Waals surface area contributed by atoms with Crippen molar-refractivity contribution in [1.29, 1.82) is 0 Å². The molecule has 28 heavy (non-hydrogen) atoms. The lowest BCUT2D eigenvalue weighted by molar-refractivity contribution is 1.14. The summed E-state index contributed by atoms with van der Waals surface area (Å²) in [4.78, 5) is 0. The molecule has 1 heteroatoms. The van der Waals surface area contributed by atoms with Gasteiger partial charge in [0.2, 0.25) is 0 Å². The van der Waals surface area contributed by atoms with Gasteiger partial charge in [0.25, 0.3) is 0 Å². The molecule has 0 atom stereocenters. The molecule has 136 valence electrons. The zero-order valence-corrected chi connectivity index (χ0v) is 16.3. The predicted octanol–water partition coefficient (Wildman–Crippen LogP) is 7.32. The van der Waals surface area contributed by atoms with Crippen LogP contribution in [0.4, 0.5) is 0 Å². The summed E-state index contributed by atoms with van der Waals surface area (Å²) >= 11 is 0. The van der Waals surface area contributed by atoms with Crippen molar-refractivity contribution < 1.29 is 0 Å². The van der Waals surface area contributed by atoms with Crippen LogP contribution in [0, 0.1) is 6.92 Å². The molecule has 4 aromatic carbocycles. The Morgan fingerprint density at radius 2 is 1.25 bits per heavy atom. The first-order valence-corrected chi connectivity index (χ1v) is 9.95. The van der Waals surface area contributed by atoms with Gasteiger partial charge in [-0.15, -0.1) is 0 Å². The van der Waals surface area contributed by atoms with Crippen LogP contribution in [0.1, 0.15) is 18.1 Å². The lowest BCUT2D eigenvalue weighted by Crippen LogP contribution is -1.96. The van der Waals surface area contributed by atoms with Gasteiger partial charge in [0.15, 0.2) is 0 Å². The molecule has 5 aromatic rings. The third kappa shape index (κ3) is 2.55. The molecule has 0 bridgehead atoms. The minimum Gasteiger partial charge on any atom is -0.309 e. The zero-order chi connectivity index (χ0) is 19.1. The predicted molar refractivity (Wildman–Crippen MR) is 120 cm³/mol. The Hall–Kier alpha value is -3.32. The molecular weight excluding hydrogens is 338 g/mol. The number of para-hydroxylation sites is 2. The van der Waals surface area contributed by atoms with Crippen molar-refractivity contribution >= 4 is 21.8 Å². The summed E-state index contributed by atoms with van der Waals surface area (Å²) < 4.78 is 2.38. The van der Waals surface area contributed by atoms with Gasteiger partial charge in [-0.3, -0.25) is 0 Å². The van der Waals surface area contributed by atoms with Gasteiger partial charge in [0.1, 0.15) is 0 Å². The Bertz CT molecular complexity index is 1250. The van der Waals surface area contributed by atoms with Crippen molar-refractivity contribution in [3.63, 3.8) is 0 Å². The second-order valence-corrected chi connectivity index (χ2v) is 7.38. The van der Waals surface area contributed by atoms with E-state index in [0.717, 1.165) is 6.42 Å². The lowest BCUT2D eigenvalue weighted by Gasteiger charge is -2.14. The van der Waals surface area contributed by atoms with Gasteiger partial charge in [-0.1, -0.05) is 73.7 Å². The number of aromatic nitrogens is 1. The van der Waals surface area contributed by atoms with Crippen LogP contribution in [0.3, 0.4) is 0 Å². The van der Waals surface area contributed by atoms with E-state index >= 15 is 0 Å². The van der Waals surface area contributed by atoms with Gasteiger partial charge in [-0.2, -0.15) is 0 Å². The number of fused-ring (bicyclic) bond motifs is 3. The molecule has 1 nitrogen and oxygen atoms in total. The van der Waals surface area contributed by atoms with Crippen LogP contribution in [-0.2, 0) is 6.42 Å². The summed E-state index contributed by atoms with van der Waals surface area (Å²) in [7, 11) is 0. The molecule has 0 aliphatic carbocycles. The largest absolute Gasteiger partial charge is 0.309 e. The van der Waals surface area contributed by atoms with E-state index in [4.69, 9.17) is 0 Å². The van der Waals surface area contributed by atoms with Crippen LogP contribution in [0.15, 0.2) is 91.0 Å². The molecule has 0 N–H and O–H groups in total. The Morgan fingerprint density at radius 3 is 1.89 bits per heavy atom. The quantitative estimate of drug-likeness (QED) is 0.317. The minimum atomic E-state index is 1.05. The molecule has 0 unspecified atom stereocenters. The number of hydrogen-bond acceptors (Lipinski definition) is 0. The van der Waals surface area contributed by atoms with Crippen LogP contribution in [0.25, 0.3) is 38.6 Å². The smallest absolute Gasteiger partial charge is 0.0541 e. The molecule has 0 saturated carbocycles. The first-order valence-electron chi connectivity index (χ1n) is 9.95. The average Bonchev–Trinajstić information content (AvgIpc) is 3.08. The Labute approximate surface area is 165 Å². The monoisotopic (exact) mass is 361 g/mol. The van der Waals surface area contributed by atoms with Crippen molar-refractivity contribution in [3.05, 3.63) is 102 Å². The highest BCUT2D eigenvalue weighted by Crippen LogP contribution is 2.34. The fourth-order valence-electron chi connectivity index (χ4n) is 4.38. The zero-order valence-electron chi connectivity index (χ0n) is 16.3. The molecule has 0 radical (unpaired) electrons. The fraction of sp³-hybridized carbons (Fsp3) is 0.111. The maximum absolute atomic E-state index is 2.38. The van der Waals surface area contributed by atoms with Crippen molar-refractivity contribution in [2.75, 3.05) is 0 Å². The normalized spacial score (nSPS) is 11.4. The van der Waals surface area contributed by atoms with Crippen LogP contribution >= 0.6 is 0 Å². The van der Waals surface area contributed by atoms with Crippen molar-refractivity contribution in [2.45, 2.75) is 20.3 Å². The third-order valence-corrected chi connectivity index (χ3v) is 5.74. The van der Waals surface area contributed by atoms with Crippen LogP contribution in [0.5, 0.6) is 0 Å². The first-order chi connectivity index (χ1) is 13.8. The Balaban J connectivity index is 1.74. The molecule has 0 fully saturated rings. The van der Waals surface area contributed by atoms with E-state index in [2.05, 4.69) is 109 Å². The van der Waals surface area contributed by atoms with Gasteiger partial charge in [-0.25, -0.2) is 0 Å². The molecule has 0 spiro atoms. The van der Waals surface area contributed by atoms with Crippen LogP contribution in [0.2, 0.25) is 0 Å². The Kier molecular flexibility index (Phi) is 4.02. The highest BCUT2D eigenvalue weighted by Gasteiger charge is 2.13. The van der Waals surface area contributed by atoms with E-state index in [-0.39, 0.29) is 0 Å². The van der Waals surface area contributed by atoms with Crippen LogP contribution < -0.4 is 0 Å². The number of nitrogens with zero attached hydrogens (tertiary/aromatic N) is 1. The molecular formula is C27H23N. The van der Waals surface area contributed by atoms with E-state index < -0.39 is 0 Å². The van der Waals surface area contributed by atoms with Gasteiger partial charge in [-0.05, 0) is 59.9 Å². The van der Waals surface area contributed by atoms with Gasteiger partial charge < -0.3 is 4.57 Å². The summed E-state index contributed by atoms with van der Waals surface area (Å²) in [5.41, 5.74) is 9.09. The summed E-state index contributed by atoms with van der Waals surface area (Å²) in [6.45, 7) is 4.44. The number of benzene rings is 4. The van der Waals surface area contributed by atoms with Crippen LogP contribution in [-0.4, -0.2) is 4.57 Å². The Morgan fingerprint density at radius 1 is 0.643 bits per heavy atom.